The number of primary amides is 1. The van der Waals surface area contributed by atoms with Gasteiger partial charge in [-0.25, -0.2) is 0 Å². The van der Waals surface area contributed by atoms with Crippen LogP contribution < -0.4 is 10.5 Å². The minimum Gasteiger partial charge on any atom is -0.489 e. The third-order valence-electron chi connectivity index (χ3n) is 4.09. The van der Waals surface area contributed by atoms with Crippen LogP contribution in [0.1, 0.15) is 42.5 Å². The predicted octanol–water partition coefficient (Wildman–Crippen LogP) is 4.32. The molecule has 0 bridgehead atoms. The molecule has 3 aromatic rings. The molecule has 0 aliphatic rings. The van der Waals surface area contributed by atoms with E-state index in [0.717, 1.165) is 16.9 Å². The van der Waals surface area contributed by atoms with Crippen LogP contribution in [0.15, 0.2) is 59.1 Å². The smallest absolute Gasteiger partial charge is 0.287 e. The van der Waals surface area contributed by atoms with E-state index in [2.05, 4.69) is 32.0 Å². The van der Waals surface area contributed by atoms with Gasteiger partial charge in [0, 0.05) is 11.6 Å². The molecule has 1 amide bonds. The Hall–Kier alpha value is -3.08. The second kappa shape index (κ2) is 7.04. The highest BCUT2D eigenvalue weighted by Gasteiger charge is 2.18. The van der Waals surface area contributed by atoms with Gasteiger partial charge >= 0.3 is 0 Å². The fourth-order valence-corrected chi connectivity index (χ4v) is 2.67. The van der Waals surface area contributed by atoms with Crippen molar-refractivity contribution in [2.45, 2.75) is 32.8 Å². The summed E-state index contributed by atoms with van der Waals surface area (Å²) >= 11 is 0. The van der Waals surface area contributed by atoms with E-state index in [1.807, 2.05) is 42.5 Å². The van der Waals surface area contributed by atoms with E-state index in [1.54, 1.807) is 0 Å². The van der Waals surface area contributed by atoms with Crippen LogP contribution in [0.5, 0.6) is 5.75 Å². The molecule has 0 aliphatic heterocycles. The second-order valence-electron chi connectivity index (χ2n) is 7.17. The van der Waals surface area contributed by atoms with E-state index >= 15 is 0 Å². The van der Waals surface area contributed by atoms with E-state index < -0.39 is 5.91 Å². The fourth-order valence-electron chi connectivity index (χ4n) is 2.67. The number of amides is 1. The zero-order chi connectivity index (χ0) is 18.7. The summed E-state index contributed by atoms with van der Waals surface area (Å²) < 4.78 is 10.9. The van der Waals surface area contributed by atoms with Gasteiger partial charge in [0.05, 0.1) is 0 Å². The Morgan fingerprint density at radius 3 is 2.42 bits per heavy atom. The molecular formula is C21H22N2O3. The molecule has 5 heteroatoms. The Labute approximate surface area is 152 Å². The summed E-state index contributed by atoms with van der Waals surface area (Å²) in [6, 6.07) is 17.4. The van der Waals surface area contributed by atoms with E-state index in [4.69, 9.17) is 15.0 Å². The van der Waals surface area contributed by atoms with Crippen LogP contribution in [0.25, 0.3) is 11.3 Å². The minimum atomic E-state index is -0.633. The molecule has 0 radical (unpaired) electrons. The topological polar surface area (TPSA) is 78.4 Å². The van der Waals surface area contributed by atoms with Crippen molar-refractivity contribution in [2.24, 2.45) is 5.73 Å². The Bertz CT molecular complexity index is 906. The maximum absolute atomic E-state index is 11.1. The van der Waals surface area contributed by atoms with E-state index in [-0.39, 0.29) is 11.2 Å². The summed E-state index contributed by atoms with van der Waals surface area (Å²) in [5, 5.41) is 3.86. The number of hydrogen-bond acceptors (Lipinski definition) is 4. The number of carbonyl (C=O) groups excluding carboxylic acids is 1. The van der Waals surface area contributed by atoms with Crippen LogP contribution >= 0.6 is 0 Å². The largest absolute Gasteiger partial charge is 0.489 e. The Morgan fingerprint density at radius 1 is 1.12 bits per heavy atom. The number of benzene rings is 2. The maximum atomic E-state index is 11.1. The molecule has 2 N–H and O–H groups in total. The zero-order valence-electron chi connectivity index (χ0n) is 15.2. The SMILES string of the molecule is CC(C)(C)c1ccccc1OCc1ccc(-c2cc(C(N)=O)on2)cc1. The quantitative estimate of drug-likeness (QED) is 0.743. The second-order valence-corrected chi connectivity index (χ2v) is 7.17. The highest BCUT2D eigenvalue weighted by Crippen LogP contribution is 2.31. The number of rotatable bonds is 5. The summed E-state index contributed by atoms with van der Waals surface area (Å²) in [5.41, 5.74) is 8.83. The van der Waals surface area contributed by atoms with Gasteiger partial charge < -0.3 is 15.0 Å². The average molecular weight is 350 g/mol. The minimum absolute atomic E-state index is 0.0194. The Kier molecular flexibility index (Phi) is 4.80. The molecule has 0 fully saturated rings. The van der Waals surface area contributed by atoms with Gasteiger partial charge in [0.2, 0.25) is 5.76 Å². The van der Waals surface area contributed by atoms with Crippen LogP contribution in [-0.4, -0.2) is 11.1 Å². The van der Waals surface area contributed by atoms with Crippen LogP contribution in [0.2, 0.25) is 0 Å². The standard InChI is InChI=1S/C21H22N2O3/c1-21(2,3)16-6-4-5-7-18(16)25-13-14-8-10-15(11-9-14)17-12-19(20(22)24)26-23-17/h4-12H,13H2,1-3H3,(H2,22,24). The molecule has 0 unspecified atom stereocenters. The first-order valence-corrected chi connectivity index (χ1v) is 8.43. The Morgan fingerprint density at radius 2 is 1.81 bits per heavy atom. The average Bonchev–Trinajstić information content (AvgIpc) is 3.10. The summed E-state index contributed by atoms with van der Waals surface area (Å²) in [4.78, 5) is 11.1. The number of para-hydroxylation sites is 1. The lowest BCUT2D eigenvalue weighted by atomic mass is 9.86. The molecule has 3 rings (SSSR count). The molecular weight excluding hydrogens is 328 g/mol. The van der Waals surface area contributed by atoms with Crippen LogP contribution in [0, 0.1) is 0 Å². The zero-order valence-corrected chi connectivity index (χ0v) is 15.2. The summed E-state index contributed by atoms with van der Waals surface area (Å²) in [6.07, 6.45) is 0. The highest BCUT2D eigenvalue weighted by molar-refractivity contribution is 5.90. The third-order valence-corrected chi connectivity index (χ3v) is 4.09. The molecule has 0 spiro atoms. The highest BCUT2D eigenvalue weighted by atomic mass is 16.5. The number of aromatic nitrogens is 1. The maximum Gasteiger partial charge on any atom is 0.287 e. The normalized spacial score (nSPS) is 11.3. The predicted molar refractivity (Wildman–Crippen MR) is 99.9 cm³/mol. The molecule has 5 nitrogen and oxygen atoms in total. The number of nitrogens with zero attached hydrogens (tertiary/aromatic N) is 1. The molecule has 1 heterocycles. The first-order valence-electron chi connectivity index (χ1n) is 8.43. The molecule has 0 saturated heterocycles. The molecule has 0 aliphatic carbocycles. The monoisotopic (exact) mass is 350 g/mol. The van der Waals surface area contributed by atoms with Gasteiger partial charge in [-0.05, 0) is 22.6 Å². The summed E-state index contributed by atoms with van der Waals surface area (Å²) in [5.74, 6) is 0.309. The lowest BCUT2D eigenvalue weighted by Gasteiger charge is -2.22. The lowest BCUT2D eigenvalue weighted by Crippen LogP contribution is -2.13. The van der Waals surface area contributed by atoms with Crippen LogP contribution in [0.3, 0.4) is 0 Å². The van der Waals surface area contributed by atoms with Gasteiger partial charge in [-0.1, -0.05) is 68.4 Å². The van der Waals surface area contributed by atoms with Crippen molar-refractivity contribution >= 4 is 5.91 Å². The Balaban J connectivity index is 1.71. The van der Waals surface area contributed by atoms with Crippen LogP contribution in [0.4, 0.5) is 0 Å². The van der Waals surface area contributed by atoms with Gasteiger partial charge in [0.1, 0.15) is 18.1 Å². The van der Waals surface area contributed by atoms with Crippen molar-refractivity contribution in [1.82, 2.24) is 5.16 Å². The van der Waals surface area contributed by atoms with Gasteiger partial charge in [-0.3, -0.25) is 4.79 Å². The molecule has 134 valence electrons. The molecule has 2 aromatic carbocycles. The van der Waals surface area contributed by atoms with Gasteiger partial charge in [-0.15, -0.1) is 0 Å². The first-order chi connectivity index (χ1) is 12.3. The van der Waals surface area contributed by atoms with Crippen molar-refractivity contribution in [1.29, 1.82) is 0 Å². The molecule has 26 heavy (non-hydrogen) atoms. The van der Waals surface area contributed by atoms with E-state index in [1.165, 1.54) is 11.6 Å². The fraction of sp³-hybridized carbons (Fsp3) is 0.238. The van der Waals surface area contributed by atoms with Crippen molar-refractivity contribution in [3.63, 3.8) is 0 Å². The number of nitrogens with two attached hydrogens (primary N) is 1. The third kappa shape index (κ3) is 3.94. The first kappa shape index (κ1) is 17.7. The lowest BCUT2D eigenvalue weighted by molar-refractivity contribution is 0.0965. The van der Waals surface area contributed by atoms with Gasteiger partial charge in [0.15, 0.2) is 0 Å². The van der Waals surface area contributed by atoms with Crippen molar-refractivity contribution in [2.75, 3.05) is 0 Å². The molecule has 1 aromatic heterocycles. The summed E-state index contributed by atoms with van der Waals surface area (Å²) in [6.45, 7) is 6.98. The van der Waals surface area contributed by atoms with Crippen molar-refractivity contribution < 1.29 is 14.1 Å². The van der Waals surface area contributed by atoms with Gasteiger partial charge in [-0.2, -0.15) is 0 Å². The van der Waals surface area contributed by atoms with Crippen molar-refractivity contribution in [3.8, 4) is 17.0 Å². The van der Waals surface area contributed by atoms with Gasteiger partial charge in [0.25, 0.3) is 5.91 Å². The number of ether oxygens (including phenoxy) is 1. The number of hydrogen-bond donors (Lipinski definition) is 1. The van der Waals surface area contributed by atoms with Crippen LogP contribution in [-0.2, 0) is 12.0 Å². The van der Waals surface area contributed by atoms with E-state index in [0.29, 0.717) is 12.3 Å². The molecule has 0 saturated carbocycles. The van der Waals surface area contributed by atoms with E-state index in [9.17, 15) is 4.79 Å². The van der Waals surface area contributed by atoms with Crippen molar-refractivity contribution in [3.05, 3.63) is 71.5 Å². The summed E-state index contributed by atoms with van der Waals surface area (Å²) in [7, 11) is 0. The number of carbonyl (C=O) groups is 1. The molecule has 0 atom stereocenters.